The second-order valence-electron chi connectivity index (χ2n) is 8.70. The molecular formula is C27H22N4O3. The summed E-state index contributed by atoms with van der Waals surface area (Å²) in [5.74, 6) is -0.0178. The maximum atomic E-state index is 13.8. The van der Waals surface area contributed by atoms with Crippen molar-refractivity contribution in [3.05, 3.63) is 90.4 Å². The van der Waals surface area contributed by atoms with E-state index in [9.17, 15) is 9.59 Å². The highest BCUT2D eigenvalue weighted by atomic mass is 16.5. The van der Waals surface area contributed by atoms with E-state index in [0.717, 1.165) is 39.0 Å². The molecule has 4 heterocycles. The largest absolute Gasteiger partial charge is 0.453 e. The van der Waals surface area contributed by atoms with E-state index in [1.807, 2.05) is 66.9 Å². The molecular weight excluding hydrogens is 428 g/mol. The molecule has 0 bridgehead atoms. The third-order valence-electron chi connectivity index (χ3n) is 6.83. The number of hydrogen-bond donors (Lipinski definition) is 0. The third-order valence-corrected chi connectivity index (χ3v) is 6.83. The molecule has 0 N–H and O–H groups in total. The summed E-state index contributed by atoms with van der Waals surface area (Å²) < 4.78 is 4.85. The number of fused-ring (bicyclic) bond motifs is 3. The predicted molar refractivity (Wildman–Crippen MR) is 128 cm³/mol. The number of methoxy groups -OCH3 is 1. The number of nitrogens with zero attached hydrogens (tertiary/aromatic N) is 4. The Balaban J connectivity index is 1.44. The average molecular weight is 450 g/mol. The van der Waals surface area contributed by atoms with Gasteiger partial charge in [-0.25, -0.2) is 4.79 Å². The van der Waals surface area contributed by atoms with E-state index in [0.29, 0.717) is 19.6 Å². The van der Waals surface area contributed by atoms with Crippen LogP contribution in [0.5, 0.6) is 0 Å². The van der Waals surface area contributed by atoms with Gasteiger partial charge in [0, 0.05) is 42.1 Å². The predicted octanol–water partition coefficient (Wildman–Crippen LogP) is 4.16. The summed E-state index contributed by atoms with van der Waals surface area (Å²) in [6, 6.07) is 21.7. The molecule has 0 saturated carbocycles. The molecule has 7 heteroatoms. The van der Waals surface area contributed by atoms with E-state index in [1.54, 1.807) is 16.0 Å². The number of likely N-dealkylation sites (tertiary alicyclic amines) is 1. The van der Waals surface area contributed by atoms with Crippen molar-refractivity contribution in [2.45, 2.75) is 12.0 Å². The van der Waals surface area contributed by atoms with E-state index >= 15 is 0 Å². The Morgan fingerprint density at radius 2 is 1.76 bits per heavy atom. The van der Waals surface area contributed by atoms with Gasteiger partial charge in [-0.05, 0) is 29.1 Å². The van der Waals surface area contributed by atoms with Crippen molar-refractivity contribution in [2.24, 2.45) is 0 Å². The molecule has 2 aromatic carbocycles. The van der Waals surface area contributed by atoms with Crippen molar-refractivity contribution in [3.8, 4) is 11.3 Å². The Morgan fingerprint density at radius 1 is 1.00 bits per heavy atom. The number of carbonyl (C=O) groups excluding carboxylic acids is 2. The van der Waals surface area contributed by atoms with E-state index in [4.69, 9.17) is 9.72 Å². The normalized spacial score (nSPS) is 16.0. The van der Waals surface area contributed by atoms with Crippen LogP contribution in [-0.4, -0.2) is 47.1 Å². The fourth-order valence-corrected chi connectivity index (χ4v) is 5.19. The first kappa shape index (κ1) is 20.4. The zero-order chi connectivity index (χ0) is 23.3. The van der Waals surface area contributed by atoms with Gasteiger partial charge in [0.15, 0.2) is 0 Å². The molecule has 7 nitrogen and oxygen atoms in total. The number of ether oxygens (including phenoxy) is 1. The molecule has 0 radical (unpaired) electrons. The number of aromatic nitrogens is 2. The van der Waals surface area contributed by atoms with Gasteiger partial charge in [0.25, 0.3) is 0 Å². The van der Waals surface area contributed by atoms with Gasteiger partial charge < -0.3 is 14.5 Å². The van der Waals surface area contributed by atoms with Crippen molar-refractivity contribution < 1.29 is 14.3 Å². The molecule has 1 spiro atoms. The molecule has 6 rings (SSSR count). The zero-order valence-corrected chi connectivity index (χ0v) is 18.6. The van der Waals surface area contributed by atoms with Crippen LogP contribution in [0.2, 0.25) is 0 Å². The summed E-state index contributed by atoms with van der Waals surface area (Å²) in [4.78, 5) is 38.6. The number of hydrogen-bond acceptors (Lipinski definition) is 5. The Bertz CT molecular complexity index is 1430. The molecule has 2 amide bonds. The maximum Gasteiger partial charge on any atom is 0.409 e. The number of benzene rings is 2. The summed E-state index contributed by atoms with van der Waals surface area (Å²) in [6.45, 7) is 0.932. The number of rotatable bonds is 3. The molecule has 1 fully saturated rings. The first-order valence-electron chi connectivity index (χ1n) is 11.1. The third kappa shape index (κ3) is 2.90. The lowest BCUT2D eigenvalue weighted by molar-refractivity contribution is -0.128. The number of para-hydroxylation sites is 1. The van der Waals surface area contributed by atoms with Gasteiger partial charge in [0.1, 0.15) is 5.41 Å². The van der Waals surface area contributed by atoms with Crippen molar-refractivity contribution in [1.29, 1.82) is 0 Å². The number of carbonyl (C=O) groups is 2. The molecule has 168 valence electrons. The first-order valence-corrected chi connectivity index (χ1v) is 11.1. The molecule has 1 saturated heterocycles. The van der Waals surface area contributed by atoms with E-state index in [1.165, 1.54) is 7.11 Å². The Kier molecular flexibility index (Phi) is 4.58. The van der Waals surface area contributed by atoms with E-state index in [2.05, 4.69) is 11.1 Å². The van der Waals surface area contributed by atoms with Crippen LogP contribution < -0.4 is 4.90 Å². The topological polar surface area (TPSA) is 75.6 Å². The minimum atomic E-state index is -0.743. The Morgan fingerprint density at radius 3 is 2.56 bits per heavy atom. The van der Waals surface area contributed by atoms with Gasteiger partial charge in [0.05, 0.1) is 25.0 Å². The second kappa shape index (κ2) is 7.66. The minimum absolute atomic E-state index is 0.0178. The molecule has 2 aliphatic heterocycles. The summed E-state index contributed by atoms with van der Waals surface area (Å²) in [6.07, 6.45) is 3.20. The fourth-order valence-electron chi connectivity index (χ4n) is 5.19. The summed E-state index contributed by atoms with van der Waals surface area (Å²) in [7, 11) is 1.36. The summed E-state index contributed by atoms with van der Waals surface area (Å²) >= 11 is 0. The molecule has 2 aromatic heterocycles. The van der Waals surface area contributed by atoms with Crippen LogP contribution in [0.3, 0.4) is 0 Å². The average Bonchev–Trinajstić information content (AvgIpc) is 3.11. The molecule has 0 atom stereocenters. The number of anilines is 1. The lowest BCUT2D eigenvalue weighted by Gasteiger charge is -2.45. The summed E-state index contributed by atoms with van der Waals surface area (Å²) in [5.41, 5.74) is 3.58. The van der Waals surface area contributed by atoms with Crippen LogP contribution >= 0.6 is 0 Å². The number of amides is 2. The minimum Gasteiger partial charge on any atom is -0.453 e. The van der Waals surface area contributed by atoms with Crippen LogP contribution in [0.1, 0.15) is 11.3 Å². The highest BCUT2D eigenvalue weighted by molar-refractivity contribution is 6.10. The van der Waals surface area contributed by atoms with Gasteiger partial charge >= 0.3 is 6.09 Å². The first-order chi connectivity index (χ1) is 16.6. The molecule has 0 aliphatic carbocycles. The SMILES string of the molecule is COC(=O)N1CC2(C1)C(=O)N(Cc1ncc3ccccc3c1-c1ccccn1)c1ccccc12. The molecule has 2 aliphatic rings. The highest BCUT2D eigenvalue weighted by Gasteiger charge is 2.59. The fraction of sp³-hybridized carbons (Fsp3) is 0.185. The quantitative estimate of drug-likeness (QED) is 0.468. The maximum absolute atomic E-state index is 13.8. The van der Waals surface area contributed by atoms with Crippen molar-refractivity contribution in [3.63, 3.8) is 0 Å². The summed E-state index contributed by atoms with van der Waals surface area (Å²) in [5, 5.41) is 2.06. The van der Waals surface area contributed by atoms with E-state index in [-0.39, 0.29) is 5.91 Å². The Hall–Kier alpha value is -4.26. The highest BCUT2D eigenvalue weighted by Crippen LogP contribution is 2.48. The van der Waals surface area contributed by atoms with Crippen LogP contribution in [0.15, 0.2) is 79.1 Å². The van der Waals surface area contributed by atoms with Gasteiger partial charge in [-0.15, -0.1) is 0 Å². The lowest BCUT2D eigenvalue weighted by Crippen LogP contribution is -2.65. The van der Waals surface area contributed by atoms with Gasteiger partial charge in [-0.2, -0.15) is 0 Å². The molecule has 0 unspecified atom stereocenters. The molecule has 34 heavy (non-hydrogen) atoms. The van der Waals surface area contributed by atoms with Crippen LogP contribution in [-0.2, 0) is 21.5 Å². The van der Waals surface area contributed by atoms with Gasteiger partial charge in [0.2, 0.25) is 5.91 Å². The van der Waals surface area contributed by atoms with Crippen molar-refractivity contribution in [1.82, 2.24) is 14.9 Å². The smallest absolute Gasteiger partial charge is 0.409 e. The van der Waals surface area contributed by atoms with Crippen LogP contribution in [0.4, 0.5) is 10.5 Å². The van der Waals surface area contributed by atoms with Crippen LogP contribution in [0, 0.1) is 0 Å². The van der Waals surface area contributed by atoms with Gasteiger partial charge in [-0.3, -0.25) is 14.8 Å². The standard InChI is InChI=1S/C27H22N4O3/c1-34-26(33)30-16-27(17-30)20-10-4-5-12-23(20)31(25(27)32)15-22-24(21-11-6-7-13-28-21)19-9-3-2-8-18(19)14-29-22/h2-14H,15-17H2,1H3. The van der Waals surface area contributed by atoms with E-state index < -0.39 is 11.5 Å². The lowest BCUT2D eigenvalue weighted by atomic mass is 9.75. The van der Waals surface area contributed by atoms with Crippen molar-refractivity contribution >= 4 is 28.5 Å². The van der Waals surface area contributed by atoms with Gasteiger partial charge in [-0.1, -0.05) is 48.5 Å². The Labute approximate surface area is 196 Å². The zero-order valence-electron chi connectivity index (χ0n) is 18.6. The second-order valence-corrected chi connectivity index (χ2v) is 8.70. The van der Waals surface area contributed by atoms with Crippen molar-refractivity contribution in [2.75, 3.05) is 25.1 Å². The van der Waals surface area contributed by atoms with Crippen LogP contribution in [0.25, 0.3) is 22.0 Å². The monoisotopic (exact) mass is 450 g/mol. The number of pyridine rings is 2. The molecule has 4 aromatic rings.